The number of esters is 3. The third kappa shape index (κ3) is 12.6. The maximum absolute atomic E-state index is 13.4. The lowest BCUT2D eigenvalue weighted by molar-refractivity contribution is -0.155. The number of ether oxygens (including phenoxy) is 2. The lowest BCUT2D eigenvalue weighted by Gasteiger charge is -2.25. The SMILES string of the molecule is CC(C)CC/C(C(=O)OCC(C)C)=C(/C(=O)OC(=O)/C(Cl)=C(/Cl)C(=O)O)C(CC(C)C)CC(C)C. The molecule has 0 aliphatic carbocycles. The van der Waals surface area contributed by atoms with Crippen molar-refractivity contribution in [2.24, 2.45) is 29.6 Å². The molecule has 0 unspecified atom stereocenters. The van der Waals surface area contributed by atoms with Crippen LogP contribution in [0.1, 0.15) is 81.1 Å². The summed E-state index contributed by atoms with van der Waals surface area (Å²) in [4.78, 5) is 50.1. The summed E-state index contributed by atoms with van der Waals surface area (Å²) in [6, 6.07) is 0. The van der Waals surface area contributed by atoms with Gasteiger partial charge in [-0.1, -0.05) is 78.6 Å². The summed E-state index contributed by atoms with van der Waals surface area (Å²) in [5.41, 5.74) is 0.249. The number of hydrogen-bond donors (Lipinski definition) is 1. The van der Waals surface area contributed by atoms with Gasteiger partial charge in [-0.05, 0) is 55.3 Å². The minimum Gasteiger partial charge on any atom is -0.477 e. The molecule has 0 saturated carbocycles. The highest BCUT2D eigenvalue weighted by Crippen LogP contribution is 2.33. The first-order chi connectivity index (χ1) is 16.1. The molecule has 0 atom stereocenters. The number of hydrogen-bond acceptors (Lipinski definition) is 6. The Morgan fingerprint density at radius 3 is 1.63 bits per heavy atom. The Bertz CT molecular complexity index is 814. The monoisotopic (exact) mass is 534 g/mol. The van der Waals surface area contributed by atoms with Crippen molar-refractivity contribution < 1.29 is 33.8 Å². The van der Waals surface area contributed by atoms with E-state index in [0.717, 1.165) is 0 Å². The van der Waals surface area contributed by atoms with Gasteiger partial charge >= 0.3 is 23.9 Å². The van der Waals surface area contributed by atoms with Gasteiger partial charge in [0.2, 0.25) is 0 Å². The Morgan fingerprint density at radius 1 is 0.714 bits per heavy atom. The van der Waals surface area contributed by atoms with Gasteiger partial charge in [0, 0.05) is 5.57 Å². The summed E-state index contributed by atoms with van der Waals surface area (Å²) in [5, 5.41) is 7.09. The molecule has 35 heavy (non-hydrogen) atoms. The van der Waals surface area contributed by atoms with Gasteiger partial charge in [0.1, 0.15) is 0 Å². The largest absolute Gasteiger partial charge is 0.477 e. The number of aliphatic carboxylic acids is 1. The second-order valence-corrected chi connectivity index (χ2v) is 11.1. The molecule has 7 nitrogen and oxygen atoms in total. The number of carboxylic acid groups (broad SMARTS) is 1. The van der Waals surface area contributed by atoms with Gasteiger partial charge in [-0.2, -0.15) is 0 Å². The van der Waals surface area contributed by atoms with Gasteiger partial charge in [-0.25, -0.2) is 19.2 Å². The van der Waals surface area contributed by atoms with E-state index < -0.39 is 33.9 Å². The highest BCUT2D eigenvalue weighted by molar-refractivity contribution is 6.53. The van der Waals surface area contributed by atoms with Crippen molar-refractivity contribution in [1.82, 2.24) is 0 Å². The van der Waals surface area contributed by atoms with Crippen molar-refractivity contribution in [1.29, 1.82) is 0 Å². The van der Waals surface area contributed by atoms with Crippen LogP contribution in [0.3, 0.4) is 0 Å². The number of halogens is 2. The molecule has 0 heterocycles. The number of carbonyl (C=O) groups is 4. The maximum Gasteiger partial charge on any atom is 0.359 e. The molecule has 200 valence electrons. The Balaban J connectivity index is 6.75. The number of carbonyl (C=O) groups excluding carboxylic acids is 3. The predicted octanol–water partition coefficient (Wildman–Crippen LogP) is 6.47. The second kappa shape index (κ2) is 16.0. The van der Waals surface area contributed by atoms with Gasteiger partial charge in [0.15, 0.2) is 10.1 Å². The summed E-state index contributed by atoms with van der Waals surface area (Å²) >= 11 is 11.3. The fourth-order valence-electron chi connectivity index (χ4n) is 3.48. The molecule has 0 fully saturated rings. The molecule has 0 spiro atoms. The van der Waals surface area contributed by atoms with E-state index in [4.69, 9.17) is 37.8 Å². The van der Waals surface area contributed by atoms with Crippen LogP contribution < -0.4 is 0 Å². The van der Waals surface area contributed by atoms with Crippen molar-refractivity contribution in [3.05, 3.63) is 21.2 Å². The molecule has 0 aliphatic heterocycles. The van der Waals surface area contributed by atoms with Crippen LogP contribution in [-0.2, 0) is 28.7 Å². The van der Waals surface area contributed by atoms with Crippen LogP contribution in [-0.4, -0.2) is 35.6 Å². The van der Waals surface area contributed by atoms with E-state index in [1.807, 2.05) is 55.4 Å². The quantitative estimate of drug-likeness (QED) is 0.154. The summed E-state index contributed by atoms with van der Waals surface area (Å²) in [5.74, 6) is -4.40. The Hall–Kier alpha value is -1.86. The molecule has 0 rings (SSSR count). The van der Waals surface area contributed by atoms with Crippen molar-refractivity contribution in [2.45, 2.75) is 81.1 Å². The molecule has 0 aromatic carbocycles. The van der Waals surface area contributed by atoms with E-state index in [-0.39, 0.29) is 53.8 Å². The van der Waals surface area contributed by atoms with Gasteiger partial charge in [-0.15, -0.1) is 0 Å². The fraction of sp³-hybridized carbons (Fsp3) is 0.692. The van der Waals surface area contributed by atoms with Gasteiger partial charge in [0.25, 0.3) is 0 Å². The zero-order chi connectivity index (χ0) is 27.5. The van der Waals surface area contributed by atoms with Crippen LogP contribution >= 0.6 is 23.2 Å². The van der Waals surface area contributed by atoms with Gasteiger partial charge in [-0.3, -0.25) is 0 Å². The average Bonchev–Trinajstić information content (AvgIpc) is 2.71. The minimum absolute atomic E-state index is 0.0751. The van der Waals surface area contributed by atoms with E-state index in [2.05, 4.69) is 0 Å². The maximum atomic E-state index is 13.4. The molecule has 0 amide bonds. The second-order valence-electron chi connectivity index (χ2n) is 10.4. The first-order valence-corrected chi connectivity index (χ1v) is 12.8. The zero-order valence-corrected chi connectivity index (χ0v) is 23.6. The zero-order valence-electron chi connectivity index (χ0n) is 22.1. The van der Waals surface area contributed by atoms with Gasteiger partial charge in [0.05, 0.1) is 12.2 Å². The minimum atomic E-state index is -1.63. The smallest absolute Gasteiger partial charge is 0.359 e. The lowest BCUT2D eigenvalue weighted by atomic mass is 9.80. The topological polar surface area (TPSA) is 107 Å². The van der Waals surface area contributed by atoms with Crippen LogP contribution in [0.15, 0.2) is 21.2 Å². The number of rotatable bonds is 14. The highest BCUT2D eigenvalue weighted by Gasteiger charge is 2.33. The van der Waals surface area contributed by atoms with Crippen LogP contribution in [0.5, 0.6) is 0 Å². The molecule has 0 radical (unpaired) electrons. The van der Waals surface area contributed by atoms with E-state index in [9.17, 15) is 19.2 Å². The third-order valence-corrected chi connectivity index (χ3v) is 5.77. The molecule has 0 bridgehead atoms. The number of carboxylic acids is 1. The molecule has 1 N–H and O–H groups in total. The first-order valence-electron chi connectivity index (χ1n) is 12.0. The highest BCUT2D eigenvalue weighted by atomic mass is 35.5. The lowest BCUT2D eigenvalue weighted by Crippen LogP contribution is -2.27. The summed E-state index contributed by atoms with van der Waals surface area (Å²) < 4.78 is 10.5. The molecule has 0 aliphatic rings. The Morgan fingerprint density at radius 2 is 1.23 bits per heavy atom. The molecule has 0 aromatic heterocycles. The van der Waals surface area contributed by atoms with Crippen molar-refractivity contribution in [2.75, 3.05) is 6.61 Å². The standard InChI is InChI=1S/C26H40Cl2O7/c1-14(2)9-10-19(24(31)34-13-17(7)8)20(18(11-15(3)4)12-16(5)6)25(32)35-26(33)22(28)21(27)23(29)30/h14-18H,9-13H2,1-8H3,(H,29,30)/b20-19-,22-21-. The fourth-order valence-corrected chi connectivity index (χ4v) is 3.68. The normalized spacial score (nSPS) is 13.3. The Labute approximate surface area is 219 Å². The van der Waals surface area contributed by atoms with Gasteiger partial charge < -0.3 is 14.6 Å². The van der Waals surface area contributed by atoms with E-state index in [1.165, 1.54) is 0 Å². The summed E-state index contributed by atoms with van der Waals surface area (Å²) in [7, 11) is 0. The van der Waals surface area contributed by atoms with Crippen LogP contribution in [0, 0.1) is 29.6 Å². The summed E-state index contributed by atoms with van der Waals surface area (Å²) in [6.45, 7) is 16.0. The average molecular weight is 536 g/mol. The van der Waals surface area contributed by atoms with Crippen LogP contribution in [0.2, 0.25) is 0 Å². The van der Waals surface area contributed by atoms with Crippen LogP contribution in [0.25, 0.3) is 0 Å². The molecule has 0 aromatic rings. The van der Waals surface area contributed by atoms with E-state index >= 15 is 0 Å². The Kier molecular flexibility index (Phi) is 15.1. The van der Waals surface area contributed by atoms with E-state index in [1.54, 1.807) is 0 Å². The van der Waals surface area contributed by atoms with E-state index in [0.29, 0.717) is 19.3 Å². The van der Waals surface area contributed by atoms with Crippen molar-refractivity contribution in [3.8, 4) is 0 Å². The van der Waals surface area contributed by atoms with Crippen molar-refractivity contribution in [3.63, 3.8) is 0 Å². The third-order valence-electron chi connectivity index (χ3n) is 4.98. The molecular weight excluding hydrogens is 495 g/mol. The molecule has 9 heteroatoms. The molecule has 0 saturated heterocycles. The first kappa shape index (κ1) is 33.1. The molecular formula is C26H40Cl2O7. The predicted molar refractivity (Wildman–Crippen MR) is 137 cm³/mol. The van der Waals surface area contributed by atoms with Crippen LogP contribution in [0.4, 0.5) is 0 Å². The van der Waals surface area contributed by atoms with Crippen molar-refractivity contribution >= 4 is 47.1 Å². The summed E-state index contributed by atoms with van der Waals surface area (Å²) in [6.07, 6.45) is 2.01.